The summed E-state index contributed by atoms with van der Waals surface area (Å²) in [4.78, 5) is 11.8. The van der Waals surface area contributed by atoms with E-state index in [2.05, 4.69) is 5.32 Å². The zero-order valence-electron chi connectivity index (χ0n) is 11.9. The summed E-state index contributed by atoms with van der Waals surface area (Å²) in [6, 6.07) is 9.89. The Bertz CT molecular complexity index is 662. The van der Waals surface area contributed by atoms with E-state index in [9.17, 15) is 13.6 Å². The average Bonchev–Trinajstić information content (AvgIpc) is 2.47. The van der Waals surface area contributed by atoms with Gasteiger partial charge in [-0.1, -0.05) is 11.6 Å². The Balaban J connectivity index is 1.88. The van der Waals surface area contributed by atoms with Crippen LogP contribution >= 0.6 is 11.6 Å². The zero-order valence-corrected chi connectivity index (χ0v) is 12.7. The van der Waals surface area contributed by atoms with Crippen LogP contribution in [0.1, 0.15) is 18.5 Å². The molecule has 0 saturated carbocycles. The molecule has 1 amide bonds. The maximum Gasteiger partial charge on any atom is 0.279 e. The summed E-state index contributed by atoms with van der Waals surface area (Å²) in [5.74, 6) is -1.44. The molecule has 0 aromatic heterocycles. The van der Waals surface area contributed by atoms with Crippen molar-refractivity contribution in [2.24, 2.45) is 0 Å². The Morgan fingerprint density at radius 2 is 1.91 bits per heavy atom. The molecule has 22 heavy (non-hydrogen) atoms. The molecule has 6 heteroatoms. The van der Waals surface area contributed by atoms with Gasteiger partial charge < -0.3 is 10.6 Å². The number of anilines is 1. The maximum atomic E-state index is 13.6. The number of rotatable bonds is 5. The number of halogens is 3. The molecule has 2 aromatic rings. The standard InChI is InChI=1S/C16H15ClF2N2O/c1-10(14-7-4-12(18)8-15(14)19)20-9-16(22)21-13-5-2-11(17)3-6-13/h2-8,10,20H,9H2,1H3,(H,21,22)/p+1/t10-/m1/s1. The number of benzene rings is 2. The van der Waals surface area contributed by atoms with Gasteiger partial charge in [0.1, 0.15) is 17.7 Å². The van der Waals surface area contributed by atoms with Crippen LogP contribution in [-0.2, 0) is 4.79 Å². The van der Waals surface area contributed by atoms with E-state index in [0.29, 0.717) is 16.3 Å². The molecule has 0 bridgehead atoms. The van der Waals surface area contributed by atoms with Crippen molar-refractivity contribution in [3.63, 3.8) is 0 Å². The fourth-order valence-electron chi connectivity index (χ4n) is 2.03. The first-order valence-corrected chi connectivity index (χ1v) is 7.17. The van der Waals surface area contributed by atoms with Crippen LogP contribution in [0.4, 0.5) is 14.5 Å². The molecule has 0 saturated heterocycles. The Labute approximate surface area is 132 Å². The van der Waals surface area contributed by atoms with Gasteiger partial charge in [-0.25, -0.2) is 8.78 Å². The van der Waals surface area contributed by atoms with Crippen molar-refractivity contribution in [1.82, 2.24) is 0 Å². The van der Waals surface area contributed by atoms with Crippen molar-refractivity contribution in [3.05, 3.63) is 64.7 Å². The molecule has 0 radical (unpaired) electrons. The van der Waals surface area contributed by atoms with E-state index in [1.54, 1.807) is 36.5 Å². The molecule has 2 aromatic carbocycles. The molecule has 0 aliphatic heterocycles. The van der Waals surface area contributed by atoms with E-state index in [1.807, 2.05) is 0 Å². The minimum atomic E-state index is -0.617. The van der Waals surface area contributed by atoms with Crippen LogP contribution in [0.3, 0.4) is 0 Å². The van der Waals surface area contributed by atoms with Crippen molar-refractivity contribution in [3.8, 4) is 0 Å². The zero-order chi connectivity index (χ0) is 16.1. The van der Waals surface area contributed by atoms with Crippen LogP contribution in [0.2, 0.25) is 5.02 Å². The van der Waals surface area contributed by atoms with Gasteiger partial charge in [0, 0.05) is 22.3 Å². The van der Waals surface area contributed by atoms with E-state index in [-0.39, 0.29) is 18.5 Å². The SMILES string of the molecule is C[C@@H]([NH2+]CC(=O)Nc1ccc(Cl)cc1)c1ccc(F)cc1F. The summed E-state index contributed by atoms with van der Waals surface area (Å²) >= 11 is 5.76. The van der Waals surface area contributed by atoms with Crippen LogP contribution in [0, 0.1) is 11.6 Å². The van der Waals surface area contributed by atoms with Crippen molar-refractivity contribution >= 4 is 23.2 Å². The summed E-state index contributed by atoms with van der Waals surface area (Å²) in [6.07, 6.45) is 0. The second-order valence-electron chi connectivity index (χ2n) is 4.95. The van der Waals surface area contributed by atoms with Crippen LogP contribution < -0.4 is 10.6 Å². The quantitative estimate of drug-likeness (QED) is 0.872. The van der Waals surface area contributed by atoms with E-state index >= 15 is 0 Å². The van der Waals surface area contributed by atoms with Crippen LogP contribution in [-0.4, -0.2) is 12.5 Å². The molecule has 2 rings (SSSR count). The molecule has 3 N–H and O–H groups in total. The Morgan fingerprint density at radius 1 is 1.23 bits per heavy atom. The van der Waals surface area contributed by atoms with Crippen LogP contribution in [0.5, 0.6) is 0 Å². The molecule has 0 unspecified atom stereocenters. The predicted octanol–water partition coefficient (Wildman–Crippen LogP) is 2.88. The van der Waals surface area contributed by atoms with Crippen LogP contribution in [0.25, 0.3) is 0 Å². The smallest absolute Gasteiger partial charge is 0.279 e. The average molecular weight is 326 g/mol. The van der Waals surface area contributed by atoms with E-state index in [1.165, 1.54) is 12.1 Å². The number of carbonyl (C=O) groups excluding carboxylic acids is 1. The summed E-state index contributed by atoms with van der Waals surface area (Å²) < 4.78 is 26.5. The molecule has 1 atom stereocenters. The van der Waals surface area contributed by atoms with E-state index < -0.39 is 11.6 Å². The molecular formula is C16H16ClF2N2O+. The highest BCUT2D eigenvalue weighted by atomic mass is 35.5. The van der Waals surface area contributed by atoms with Gasteiger partial charge in [0.2, 0.25) is 0 Å². The second-order valence-corrected chi connectivity index (χ2v) is 5.39. The van der Waals surface area contributed by atoms with Gasteiger partial charge in [0.15, 0.2) is 6.54 Å². The number of quaternary nitrogens is 1. The molecule has 0 fully saturated rings. The predicted molar refractivity (Wildman–Crippen MR) is 81.6 cm³/mol. The molecule has 3 nitrogen and oxygen atoms in total. The highest BCUT2D eigenvalue weighted by Crippen LogP contribution is 2.15. The lowest BCUT2D eigenvalue weighted by Crippen LogP contribution is -2.86. The fourth-order valence-corrected chi connectivity index (χ4v) is 2.15. The number of hydrogen-bond acceptors (Lipinski definition) is 1. The van der Waals surface area contributed by atoms with Crippen molar-refractivity contribution in [2.75, 3.05) is 11.9 Å². The van der Waals surface area contributed by atoms with E-state index in [4.69, 9.17) is 11.6 Å². The van der Waals surface area contributed by atoms with Gasteiger partial charge in [-0.2, -0.15) is 0 Å². The monoisotopic (exact) mass is 325 g/mol. The van der Waals surface area contributed by atoms with Crippen molar-refractivity contribution < 1.29 is 18.9 Å². The summed E-state index contributed by atoms with van der Waals surface area (Å²) in [5.41, 5.74) is 1.00. The second kappa shape index (κ2) is 7.33. The number of amides is 1. The highest BCUT2D eigenvalue weighted by Gasteiger charge is 2.16. The van der Waals surface area contributed by atoms with Gasteiger partial charge >= 0.3 is 0 Å². The lowest BCUT2D eigenvalue weighted by molar-refractivity contribution is -0.682. The number of carbonyl (C=O) groups is 1. The van der Waals surface area contributed by atoms with Crippen molar-refractivity contribution in [1.29, 1.82) is 0 Å². The number of nitrogens with one attached hydrogen (secondary N) is 1. The molecule has 0 heterocycles. The molecule has 116 valence electrons. The topological polar surface area (TPSA) is 45.7 Å². The summed E-state index contributed by atoms with van der Waals surface area (Å²) in [7, 11) is 0. The third-order valence-electron chi connectivity index (χ3n) is 3.24. The first kappa shape index (κ1) is 16.4. The molecule has 0 spiro atoms. The highest BCUT2D eigenvalue weighted by molar-refractivity contribution is 6.30. The lowest BCUT2D eigenvalue weighted by atomic mass is 10.1. The minimum absolute atomic E-state index is 0.126. The van der Waals surface area contributed by atoms with Gasteiger partial charge in [-0.15, -0.1) is 0 Å². The third kappa shape index (κ3) is 4.51. The van der Waals surface area contributed by atoms with Crippen LogP contribution in [0.15, 0.2) is 42.5 Å². The Hall–Kier alpha value is -1.98. The summed E-state index contributed by atoms with van der Waals surface area (Å²) in [6.45, 7) is 1.88. The first-order valence-electron chi connectivity index (χ1n) is 6.79. The van der Waals surface area contributed by atoms with Gasteiger partial charge in [0.05, 0.1) is 0 Å². The molecule has 0 aliphatic rings. The summed E-state index contributed by atoms with van der Waals surface area (Å²) in [5, 5.41) is 4.99. The third-order valence-corrected chi connectivity index (χ3v) is 3.49. The fraction of sp³-hybridized carbons (Fsp3) is 0.188. The maximum absolute atomic E-state index is 13.6. The first-order chi connectivity index (χ1) is 10.5. The number of hydrogen-bond donors (Lipinski definition) is 2. The van der Waals surface area contributed by atoms with E-state index in [0.717, 1.165) is 6.07 Å². The molecular weight excluding hydrogens is 310 g/mol. The lowest BCUT2D eigenvalue weighted by Gasteiger charge is -2.12. The van der Waals surface area contributed by atoms with Gasteiger partial charge in [-0.05, 0) is 43.3 Å². The van der Waals surface area contributed by atoms with Gasteiger partial charge in [0.25, 0.3) is 5.91 Å². The number of nitrogens with two attached hydrogens (primary N) is 1. The molecule has 0 aliphatic carbocycles. The van der Waals surface area contributed by atoms with Crippen molar-refractivity contribution in [2.45, 2.75) is 13.0 Å². The largest absolute Gasteiger partial charge is 0.332 e. The Kier molecular flexibility index (Phi) is 5.46. The normalized spacial score (nSPS) is 12.0. The minimum Gasteiger partial charge on any atom is -0.332 e. The Morgan fingerprint density at radius 3 is 2.55 bits per heavy atom. The van der Waals surface area contributed by atoms with Gasteiger partial charge in [-0.3, -0.25) is 4.79 Å².